The second-order valence-electron chi connectivity index (χ2n) is 10.5. The van der Waals surface area contributed by atoms with Crippen LogP contribution in [0.1, 0.15) is 47.8 Å². The molecule has 2 N–H and O–H groups in total. The van der Waals surface area contributed by atoms with Crippen LogP contribution in [0, 0.1) is 11.6 Å². The molecule has 2 aliphatic carbocycles. The summed E-state index contributed by atoms with van der Waals surface area (Å²) >= 11 is 0. The first-order valence-electron chi connectivity index (χ1n) is 13.0. The van der Waals surface area contributed by atoms with Gasteiger partial charge in [-0.2, -0.15) is 8.42 Å². The van der Waals surface area contributed by atoms with Crippen molar-refractivity contribution in [1.82, 2.24) is 15.0 Å². The Morgan fingerprint density at radius 2 is 1.75 bits per heavy atom. The van der Waals surface area contributed by atoms with Crippen molar-refractivity contribution in [1.29, 1.82) is 0 Å². The first-order valence-corrected chi connectivity index (χ1v) is 14.4. The molecule has 3 aliphatic rings. The summed E-state index contributed by atoms with van der Waals surface area (Å²) in [6.07, 6.45) is 4.18. The van der Waals surface area contributed by atoms with E-state index in [4.69, 9.17) is 0 Å². The number of halogens is 2. The van der Waals surface area contributed by atoms with Crippen LogP contribution in [0.2, 0.25) is 0 Å². The number of carbonyl (C=O) groups excluding carboxylic acids is 2. The summed E-state index contributed by atoms with van der Waals surface area (Å²) in [5.41, 5.74) is 1.04. The third kappa shape index (κ3) is 4.76. The Hall–Kier alpha value is -4.06. The molecule has 0 spiro atoms. The molecule has 2 fully saturated rings. The number of aromatic nitrogens is 1. The molecule has 3 aromatic rings. The highest BCUT2D eigenvalue weighted by molar-refractivity contribution is 7.91. The summed E-state index contributed by atoms with van der Waals surface area (Å²) in [5, 5.41) is 2.54. The van der Waals surface area contributed by atoms with E-state index in [0.29, 0.717) is 18.0 Å². The molecule has 2 atom stereocenters. The summed E-state index contributed by atoms with van der Waals surface area (Å²) in [4.78, 5) is 32.5. The van der Waals surface area contributed by atoms with Gasteiger partial charge in [0.15, 0.2) is 0 Å². The minimum absolute atomic E-state index is 0.0286. The highest BCUT2D eigenvalue weighted by atomic mass is 32.2. The molecular formula is C28H27F2N5O4S. The van der Waals surface area contributed by atoms with E-state index in [2.05, 4.69) is 10.3 Å². The zero-order valence-electron chi connectivity index (χ0n) is 21.6. The van der Waals surface area contributed by atoms with Gasteiger partial charge in [-0.15, -0.1) is 0 Å². The van der Waals surface area contributed by atoms with Gasteiger partial charge in [-0.1, -0.05) is 18.2 Å². The van der Waals surface area contributed by atoms with E-state index in [1.165, 1.54) is 16.7 Å². The van der Waals surface area contributed by atoms with E-state index < -0.39 is 45.2 Å². The van der Waals surface area contributed by atoms with Crippen molar-refractivity contribution >= 4 is 33.7 Å². The standard InChI is InChI=1S/C28H27F2N5O4S/c1-34(23-8-6-18(7-9-23)17-4-5-17)26(36)28(16-24(28)20-13-21(29)15-22(30)14-20)32-27(37)33-40(38,39)35-12-10-19-3-2-11-31-25(19)35/h2-3,6-9,11,13-15,17,24H,4-5,10,12,16H2,1H3,(H2,32,33,37)/t24?,28-/m0/s1. The predicted molar refractivity (Wildman–Crippen MR) is 144 cm³/mol. The predicted octanol–water partition coefficient (Wildman–Crippen LogP) is 3.73. The van der Waals surface area contributed by atoms with Gasteiger partial charge in [0.1, 0.15) is 23.0 Å². The van der Waals surface area contributed by atoms with Crippen molar-refractivity contribution < 1.29 is 26.8 Å². The highest BCUT2D eigenvalue weighted by Crippen LogP contribution is 2.53. The van der Waals surface area contributed by atoms with Crippen molar-refractivity contribution in [3.8, 4) is 0 Å². The highest BCUT2D eigenvalue weighted by Gasteiger charge is 2.63. The number of amides is 3. The lowest BCUT2D eigenvalue weighted by atomic mass is 10.0. The van der Waals surface area contributed by atoms with Crippen molar-refractivity contribution in [2.24, 2.45) is 0 Å². The minimum Gasteiger partial charge on any atom is -0.322 e. The second-order valence-corrected chi connectivity index (χ2v) is 12.1. The number of anilines is 2. The lowest BCUT2D eigenvalue weighted by molar-refractivity contribution is -0.121. The first-order chi connectivity index (χ1) is 19.1. The number of carbonyl (C=O) groups is 2. The SMILES string of the molecule is CN(C(=O)[C@]1(NC(=O)NS(=O)(=O)N2CCc3cccnc32)CC1c1cc(F)cc(F)c1)c1ccc(C2CC2)cc1. The quantitative estimate of drug-likeness (QED) is 0.452. The van der Waals surface area contributed by atoms with Gasteiger partial charge in [-0.05, 0) is 78.6 Å². The van der Waals surface area contributed by atoms with Crippen LogP contribution in [0.4, 0.5) is 25.1 Å². The molecule has 0 saturated heterocycles. The maximum absolute atomic E-state index is 14.1. The fourth-order valence-electron chi connectivity index (χ4n) is 5.49. The largest absolute Gasteiger partial charge is 0.330 e. The third-order valence-electron chi connectivity index (χ3n) is 7.80. The van der Waals surface area contributed by atoms with Gasteiger partial charge in [0.25, 0.3) is 5.91 Å². The Balaban J connectivity index is 1.26. The fraction of sp³-hybridized carbons (Fsp3) is 0.321. The smallest absolute Gasteiger partial charge is 0.322 e. The molecule has 40 heavy (non-hydrogen) atoms. The zero-order chi connectivity index (χ0) is 28.2. The molecule has 12 heteroatoms. The molecule has 2 heterocycles. The summed E-state index contributed by atoms with van der Waals surface area (Å²) in [7, 11) is -2.81. The second kappa shape index (κ2) is 9.54. The Morgan fingerprint density at radius 1 is 1.05 bits per heavy atom. The molecule has 2 saturated carbocycles. The number of fused-ring (bicyclic) bond motifs is 1. The molecule has 208 valence electrons. The maximum atomic E-state index is 14.1. The molecule has 0 bridgehead atoms. The Morgan fingerprint density at radius 3 is 2.42 bits per heavy atom. The zero-order valence-corrected chi connectivity index (χ0v) is 22.4. The van der Waals surface area contributed by atoms with Crippen molar-refractivity contribution in [3.63, 3.8) is 0 Å². The van der Waals surface area contributed by atoms with Gasteiger partial charge in [0.2, 0.25) is 0 Å². The fourth-order valence-corrected chi connectivity index (χ4v) is 6.60. The normalized spacial score (nSPS) is 21.5. The van der Waals surface area contributed by atoms with Crippen LogP contribution in [0.15, 0.2) is 60.8 Å². The lowest BCUT2D eigenvalue weighted by Crippen LogP contribution is -2.56. The monoisotopic (exact) mass is 567 g/mol. The van der Waals surface area contributed by atoms with E-state index in [1.807, 2.05) is 16.9 Å². The summed E-state index contributed by atoms with van der Waals surface area (Å²) < 4.78 is 57.3. The van der Waals surface area contributed by atoms with Crippen LogP contribution in [0.5, 0.6) is 0 Å². The Labute approximate surface area is 230 Å². The van der Waals surface area contributed by atoms with Gasteiger partial charge >= 0.3 is 16.2 Å². The molecule has 1 aromatic heterocycles. The molecule has 1 aliphatic heterocycles. The van der Waals surface area contributed by atoms with Crippen molar-refractivity contribution in [3.05, 3.63) is 89.1 Å². The number of pyridine rings is 1. The lowest BCUT2D eigenvalue weighted by Gasteiger charge is -2.27. The third-order valence-corrected chi connectivity index (χ3v) is 9.18. The van der Waals surface area contributed by atoms with Crippen LogP contribution >= 0.6 is 0 Å². The van der Waals surface area contributed by atoms with Crippen molar-refractivity contribution in [2.45, 2.75) is 43.1 Å². The summed E-state index contributed by atoms with van der Waals surface area (Å²) in [6.45, 7) is 0.101. The number of likely N-dealkylation sites (N-methyl/N-ethyl adjacent to an activating group) is 1. The average molecular weight is 568 g/mol. The minimum atomic E-state index is -4.35. The van der Waals surface area contributed by atoms with Crippen LogP contribution in [0.3, 0.4) is 0 Å². The van der Waals surface area contributed by atoms with Gasteiger partial charge in [-0.25, -0.2) is 27.6 Å². The molecule has 3 amide bonds. The number of hydrogen-bond donors (Lipinski definition) is 2. The maximum Gasteiger partial charge on any atom is 0.330 e. The average Bonchev–Trinajstić information content (AvgIpc) is 3.83. The molecule has 2 aromatic carbocycles. The van der Waals surface area contributed by atoms with E-state index >= 15 is 0 Å². The molecule has 1 unspecified atom stereocenters. The molecule has 9 nitrogen and oxygen atoms in total. The van der Waals surface area contributed by atoms with Crippen molar-refractivity contribution in [2.75, 3.05) is 22.8 Å². The van der Waals surface area contributed by atoms with Gasteiger partial charge in [-0.3, -0.25) is 4.79 Å². The Bertz CT molecular complexity index is 1590. The van der Waals surface area contributed by atoms with E-state index in [0.717, 1.165) is 40.9 Å². The molecular weight excluding hydrogens is 540 g/mol. The topological polar surface area (TPSA) is 112 Å². The number of rotatable bonds is 7. The molecule has 0 radical (unpaired) electrons. The van der Waals surface area contributed by atoms with Gasteiger partial charge < -0.3 is 10.2 Å². The number of nitrogens with one attached hydrogen (secondary N) is 2. The van der Waals surface area contributed by atoms with Gasteiger partial charge in [0, 0.05) is 37.5 Å². The summed E-state index contributed by atoms with van der Waals surface area (Å²) in [6, 6.07) is 12.8. The van der Waals surface area contributed by atoms with E-state index in [1.54, 1.807) is 31.3 Å². The number of urea groups is 1. The van der Waals surface area contributed by atoms with E-state index in [9.17, 15) is 26.8 Å². The van der Waals surface area contributed by atoms with Crippen LogP contribution < -0.4 is 19.2 Å². The Kier molecular flexibility index (Phi) is 6.25. The van der Waals surface area contributed by atoms with Crippen LogP contribution in [-0.4, -0.2) is 44.5 Å². The van der Waals surface area contributed by atoms with Crippen LogP contribution in [0.25, 0.3) is 0 Å². The number of benzene rings is 2. The van der Waals surface area contributed by atoms with E-state index in [-0.39, 0.29) is 24.3 Å². The van der Waals surface area contributed by atoms with Gasteiger partial charge in [0.05, 0.1) is 0 Å². The number of nitrogens with zero attached hydrogens (tertiary/aromatic N) is 3. The van der Waals surface area contributed by atoms with Crippen LogP contribution in [-0.2, 0) is 21.4 Å². The number of hydrogen-bond acceptors (Lipinski definition) is 5. The summed E-state index contributed by atoms with van der Waals surface area (Å²) in [5.74, 6) is -2.20. The molecule has 6 rings (SSSR count). The first kappa shape index (κ1) is 26.2.